The highest BCUT2D eigenvalue weighted by Crippen LogP contribution is 2.23. The van der Waals surface area contributed by atoms with Crippen molar-refractivity contribution in [2.24, 2.45) is 4.99 Å². The van der Waals surface area contributed by atoms with E-state index in [2.05, 4.69) is 17.1 Å². The third kappa shape index (κ3) is 2.57. The van der Waals surface area contributed by atoms with Gasteiger partial charge in [0.15, 0.2) is 0 Å². The van der Waals surface area contributed by atoms with Crippen LogP contribution < -0.4 is 0 Å². The SMILES string of the molecule is O[C@H]1[C@H](O)CN2CC(CCc3ccccc3)N=C2[C@@H]1O. The minimum absolute atomic E-state index is 0.123. The van der Waals surface area contributed by atoms with Crippen LogP contribution in [-0.2, 0) is 6.42 Å². The fourth-order valence-electron chi connectivity index (χ4n) is 2.92. The van der Waals surface area contributed by atoms with Crippen LogP contribution in [0.5, 0.6) is 0 Å². The zero-order valence-electron chi connectivity index (χ0n) is 11.3. The Morgan fingerprint density at radius 2 is 1.85 bits per heavy atom. The summed E-state index contributed by atoms with van der Waals surface area (Å²) in [7, 11) is 0. The van der Waals surface area contributed by atoms with Gasteiger partial charge in [-0.3, -0.25) is 4.99 Å². The van der Waals surface area contributed by atoms with Crippen molar-refractivity contribution in [3.05, 3.63) is 35.9 Å². The van der Waals surface area contributed by atoms with E-state index in [-0.39, 0.29) is 6.04 Å². The molecule has 5 heteroatoms. The number of piperidine rings is 1. The Morgan fingerprint density at radius 3 is 2.60 bits per heavy atom. The van der Waals surface area contributed by atoms with E-state index in [0.29, 0.717) is 18.9 Å². The standard InChI is InChI=1S/C15H20N2O3/c18-12-9-17-8-11(16-15(17)14(20)13(12)19)7-6-10-4-2-1-3-5-10/h1-5,11-14,18-20H,6-9H2/t11?,12-,13+,14-/m1/s1. The van der Waals surface area contributed by atoms with Crippen molar-refractivity contribution in [3.63, 3.8) is 0 Å². The van der Waals surface area contributed by atoms with Gasteiger partial charge in [0, 0.05) is 13.1 Å². The van der Waals surface area contributed by atoms with E-state index in [1.54, 1.807) is 0 Å². The number of hydrogen-bond acceptors (Lipinski definition) is 5. The molecule has 0 aliphatic carbocycles. The summed E-state index contributed by atoms with van der Waals surface area (Å²) < 4.78 is 0. The summed E-state index contributed by atoms with van der Waals surface area (Å²) in [5.41, 5.74) is 1.28. The van der Waals surface area contributed by atoms with E-state index in [1.807, 2.05) is 23.1 Å². The Hall–Kier alpha value is -1.43. The van der Waals surface area contributed by atoms with Gasteiger partial charge in [-0.2, -0.15) is 0 Å². The molecule has 0 radical (unpaired) electrons. The number of aryl methyl sites for hydroxylation is 1. The molecule has 0 amide bonds. The first-order chi connectivity index (χ1) is 9.65. The molecule has 2 aliphatic heterocycles. The Kier molecular flexibility index (Phi) is 3.74. The monoisotopic (exact) mass is 276 g/mol. The van der Waals surface area contributed by atoms with Crippen LogP contribution in [0.4, 0.5) is 0 Å². The average Bonchev–Trinajstić information content (AvgIpc) is 2.87. The second-order valence-corrected chi connectivity index (χ2v) is 5.57. The highest BCUT2D eigenvalue weighted by Gasteiger charge is 2.41. The van der Waals surface area contributed by atoms with Gasteiger partial charge in [0.05, 0.1) is 6.04 Å². The van der Waals surface area contributed by atoms with Gasteiger partial charge in [0.1, 0.15) is 24.1 Å². The van der Waals surface area contributed by atoms with E-state index in [9.17, 15) is 15.3 Å². The number of amidine groups is 1. The van der Waals surface area contributed by atoms with Crippen LogP contribution in [0.1, 0.15) is 12.0 Å². The molecule has 4 atom stereocenters. The molecule has 108 valence electrons. The van der Waals surface area contributed by atoms with Crippen LogP contribution in [-0.4, -0.2) is 63.5 Å². The molecule has 0 bridgehead atoms. The lowest BCUT2D eigenvalue weighted by Gasteiger charge is -2.36. The number of aliphatic hydroxyl groups is 3. The van der Waals surface area contributed by atoms with Crippen molar-refractivity contribution in [3.8, 4) is 0 Å². The number of benzene rings is 1. The van der Waals surface area contributed by atoms with Crippen molar-refractivity contribution in [2.75, 3.05) is 13.1 Å². The van der Waals surface area contributed by atoms with Crippen LogP contribution in [0, 0.1) is 0 Å². The highest BCUT2D eigenvalue weighted by atomic mass is 16.4. The lowest BCUT2D eigenvalue weighted by molar-refractivity contribution is -0.0595. The average molecular weight is 276 g/mol. The van der Waals surface area contributed by atoms with Gasteiger partial charge in [0.2, 0.25) is 0 Å². The molecule has 0 spiro atoms. The van der Waals surface area contributed by atoms with Crippen LogP contribution >= 0.6 is 0 Å². The zero-order valence-corrected chi connectivity index (χ0v) is 11.3. The number of nitrogens with zero attached hydrogens (tertiary/aromatic N) is 2. The summed E-state index contributed by atoms with van der Waals surface area (Å²) >= 11 is 0. The van der Waals surface area contributed by atoms with Crippen LogP contribution in [0.25, 0.3) is 0 Å². The van der Waals surface area contributed by atoms with Crippen LogP contribution in [0.2, 0.25) is 0 Å². The fraction of sp³-hybridized carbons (Fsp3) is 0.533. The minimum Gasteiger partial charge on any atom is -0.388 e. The molecule has 1 aromatic rings. The lowest BCUT2D eigenvalue weighted by Crippen LogP contribution is -2.57. The molecular weight excluding hydrogens is 256 g/mol. The first-order valence-corrected chi connectivity index (χ1v) is 7.06. The van der Waals surface area contributed by atoms with Crippen molar-refractivity contribution in [1.82, 2.24) is 4.90 Å². The maximum atomic E-state index is 9.94. The van der Waals surface area contributed by atoms with Crippen LogP contribution in [0.3, 0.4) is 0 Å². The third-order valence-electron chi connectivity index (χ3n) is 4.07. The molecule has 3 N–H and O–H groups in total. The van der Waals surface area contributed by atoms with E-state index in [0.717, 1.165) is 12.8 Å². The molecule has 1 fully saturated rings. The van der Waals surface area contributed by atoms with Gasteiger partial charge in [-0.05, 0) is 18.4 Å². The summed E-state index contributed by atoms with van der Waals surface area (Å²) in [6, 6.07) is 10.4. The molecule has 1 unspecified atom stereocenters. The summed E-state index contributed by atoms with van der Waals surface area (Å²) in [5.74, 6) is 0.529. The van der Waals surface area contributed by atoms with Gasteiger partial charge >= 0.3 is 0 Å². The Morgan fingerprint density at radius 1 is 1.10 bits per heavy atom. The molecule has 5 nitrogen and oxygen atoms in total. The van der Waals surface area contributed by atoms with Crippen molar-refractivity contribution in [1.29, 1.82) is 0 Å². The molecule has 20 heavy (non-hydrogen) atoms. The van der Waals surface area contributed by atoms with Crippen LogP contribution in [0.15, 0.2) is 35.3 Å². The topological polar surface area (TPSA) is 76.3 Å². The Labute approximate surface area is 118 Å². The number of fused-ring (bicyclic) bond motifs is 1. The molecule has 0 aromatic heterocycles. The van der Waals surface area contributed by atoms with E-state index in [4.69, 9.17) is 0 Å². The summed E-state index contributed by atoms with van der Waals surface area (Å²) in [6.45, 7) is 1.06. The lowest BCUT2D eigenvalue weighted by atomic mass is 10.0. The molecule has 2 aliphatic rings. The van der Waals surface area contributed by atoms with E-state index in [1.165, 1.54) is 5.56 Å². The number of rotatable bonds is 3. The molecule has 1 saturated heterocycles. The quantitative estimate of drug-likeness (QED) is 0.714. The first-order valence-electron chi connectivity index (χ1n) is 7.06. The number of hydrogen-bond donors (Lipinski definition) is 3. The Bertz CT molecular complexity index is 491. The van der Waals surface area contributed by atoms with Crippen molar-refractivity contribution < 1.29 is 15.3 Å². The van der Waals surface area contributed by atoms with E-state index >= 15 is 0 Å². The van der Waals surface area contributed by atoms with Gasteiger partial charge in [0.25, 0.3) is 0 Å². The number of aliphatic hydroxyl groups excluding tert-OH is 3. The zero-order chi connectivity index (χ0) is 14.1. The predicted octanol–water partition coefficient (Wildman–Crippen LogP) is -0.202. The molecule has 3 rings (SSSR count). The van der Waals surface area contributed by atoms with Crippen molar-refractivity contribution in [2.45, 2.75) is 37.2 Å². The second-order valence-electron chi connectivity index (χ2n) is 5.57. The largest absolute Gasteiger partial charge is 0.388 e. The maximum absolute atomic E-state index is 9.94. The van der Waals surface area contributed by atoms with E-state index < -0.39 is 18.3 Å². The minimum atomic E-state index is -1.13. The summed E-state index contributed by atoms with van der Waals surface area (Å²) in [6.07, 6.45) is -1.25. The third-order valence-corrected chi connectivity index (χ3v) is 4.07. The molecule has 0 saturated carbocycles. The predicted molar refractivity (Wildman–Crippen MR) is 75.6 cm³/mol. The van der Waals surface area contributed by atoms with Gasteiger partial charge in [-0.15, -0.1) is 0 Å². The smallest absolute Gasteiger partial charge is 0.139 e. The number of aliphatic imine (C=N–C) groups is 1. The molecule has 2 heterocycles. The van der Waals surface area contributed by atoms with Gasteiger partial charge < -0.3 is 20.2 Å². The highest BCUT2D eigenvalue weighted by molar-refractivity contribution is 5.89. The summed E-state index contributed by atoms with van der Waals surface area (Å²) in [5, 5.41) is 29.3. The molecule has 1 aromatic carbocycles. The van der Waals surface area contributed by atoms with Gasteiger partial charge in [-0.1, -0.05) is 30.3 Å². The van der Waals surface area contributed by atoms with Gasteiger partial charge in [-0.25, -0.2) is 0 Å². The van der Waals surface area contributed by atoms with Crippen molar-refractivity contribution >= 4 is 5.84 Å². The fourth-order valence-corrected chi connectivity index (χ4v) is 2.92. The second kappa shape index (κ2) is 5.52. The summed E-state index contributed by atoms with van der Waals surface area (Å²) in [4.78, 5) is 6.40. The first kappa shape index (κ1) is 13.5. The molecular formula is C15H20N2O3. The maximum Gasteiger partial charge on any atom is 0.139 e. The Balaban J connectivity index is 1.62. The normalized spacial score (nSPS) is 33.0.